The van der Waals surface area contributed by atoms with E-state index in [-0.39, 0.29) is 0 Å². The molecule has 0 amide bonds. The lowest BCUT2D eigenvalue weighted by atomic mass is 10.2. The van der Waals surface area contributed by atoms with Gasteiger partial charge in [0.25, 0.3) is 0 Å². The molecule has 0 aliphatic carbocycles. The second-order valence-electron chi connectivity index (χ2n) is 4.35. The van der Waals surface area contributed by atoms with Crippen LogP contribution in [-0.2, 0) is 13.6 Å². The summed E-state index contributed by atoms with van der Waals surface area (Å²) in [6.45, 7) is 0.615. The number of hydrogen-bond donors (Lipinski definition) is 1. The minimum Gasteiger partial charge on any atom is -0.493 e. The summed E-state index contributed by atoms with van der Waals surface area (Å²) in [5.74, 6) is 1.62. The Hall–Kier alpha value is -2.43. The van der Waals surface area contributed by atoms with Gasteiger partial charge < -0.3 is 14.5 Å². The van der Waals surface area contributed by atoms with E-state index in [1.807, 2.05) is 37.5 Å². The van der Waals surface area contributed by atoms with Crippen LogP contribution in [0.25, 0.3) is 11.0 Å². The van der Waals surface area contributed by atoms with Crippen molar-refractivity contribution in [2.24, 2.45) is 7.05 Å². The molecule has 1 N–H and O–H groups in total. The lowest BCUT2D eigenvalue weighted by molar-refractivity contribution is 0.408. The molecule has 2 heterocycles. The normalized spacial score (nSPS) is 10.8. The highest BCUT2D eigenvalue weighted by Crippen LogP contribution is 2.28. The third-order valence-electron chi connectivity index (χ3n) is 2.95. The highest BCUT2D eigenvalue weighted by atomic mass is 16.5. The van der Waals surface area contributed by atoms with Gasteiger partial charge in [0.1, 0.15) is 5.76 Å². The SMILES string of the molecule is COc1cccc2cc(CNc3cnn(C)c3)oc12. The first-order valence-electron chi connectivity index (χ1n) is 6.04. The number of anilines is 1. The van der Waals surface area contributed by atoms with Gasteiger partial charge in [-0.15, -0.1) is 0 Å². The van der Waals surface area contributed by atoms with Crippen LogP contribution < -0.4 is 10.1 Å². The number of hydrogen-bond acceptors (Lipinski definition) is 4. The first kappa shape index (κ1) is 11.6. The second kappa shape index (κ2) is 4.68. The summed E-state index contributed by atoms with van der Waals surface area (Å²) in [7, 11) is 3.53. The van der Waals surface area contributed by atoms with Gasteiger partial charge in [-0.25, -0.2) is 0 Å². The van der Waals surface area contributed by atoms with E-state index in [2.05, 4.69) is 10.4 Å². The van der Waals surface area contributed by atoms with Crippen molar-refractivity contribution in [1.29, 1.82) is 0 Å². The Bertz CT molecular complexity index is 700. The standard InChI is InChI=1S/C14H15N3O2/c1-17-9-11(7-16-17)15-8-12-6-10-4-3-5-13(18-2)14(10)19-12/h3-7,9,15H,8H2,1-2H3. The molecule has 5 nitrogen and oxygen atoms in total. The fourth-order valence-corrected chi connectivity index (χ4v) is 2.04. The Kier molecular flexibility index (Phi) is 2.87. The zero-order valence-electron chi connectivity index (χ0n) is 10.9. The molecule has 0 atom stereocenters. The first-order valence-corrected chi connectivity index (χ1v) is 6.04. The third kappa shape index (κ3) is 2.27. The summed E-state index contributed by atoms with van der Waals surface area (Å²) in [4.78, 5) is 0. The summed E-state index contributed by atoms with van der Waals surface area (Å²) in [6.07, 6.45) is 3.70. The van der Waals surface area contributed by atoms with Crippen LogP contribution in [-0.4, -0.2) is 16.9 Å². The number of methoxy groups -OCH3 is 1. The Morgan fingerprint density at radius 2 is 2.32 bits per heavy atom. The molecule has 0 spiro atoms. The second-order valence-corrected chi connectivity index (χ2v) is 4.35. The average molecular weight is 257 g/mol. The van der Waals surface area contributed by atoms with Crippen LogP contribution in [0.4, 0.5) is 5.69 Å². The lowest BCUT2D eigenvalue weighted by Crippen LogP contribution is -1.96. The fraction of sp³-hybridized carbons (Fsp3) is 0.214. The van der Waals surface area contributed by atoms with E-state index >= 15 is 0 Å². The van der Waals surface area contributed by atoms with Gasteiger partial charge in [-0.1, -0.05) is 12.1 Å². The number of fused-ring (bicyclic) bond motifs is 1. The van der Waals surface area contributed by atoms with Gasteiger partial charge in [0, 0.05) is 18.6 Å². The van der Waals surface area contributed by atoms with E-state index in [1.165, 1.54) is 0 Å². The van der Waals surface area contributed by atoms with Gasteiger partial charge in [-0.2, -0.15) is 5.10 Å². The molecule has 0 saturated carbocycles. The molecule has 19 heavy (non-hydrogen) atoms. The molecule has 0 fully saturated rings. The largest absolute Gasteiger partial charge is 0.493 e. The van der Waals surface area contributed by atoms with Gasteiger partial charge in [-0.3, -0.25) is 4.68 Å². The Balaban J connectivity index is 1.81. The monoisotopic (exact) mass is 257 g/mol. The summed E-state index contributed by atoms with van der Waals surface area (Å²) < 4.78 is 12.8. The van der Waals surface area contributed by atoms with E-state index in [9.17, 15) is 0 Å². The summed E-state index contributed by atoms with van der Waals surface area (Å²) in [5.41, 5.74) is 1.75. The number of ether oxygens (including phenoxy) is 1. The first-order chi connectivity index (χ1) is 9.26. The van der Waals surface area contributed by atoms with E-state index in [4.69, 9.17) is 9.15 Å². The Morgan fingerprint density at radius 3 is 3.05 bits per heavy atom. The summed E-state index contributed by atoms with van der Waals surface area (Å²) in [6, 6.07) is 7.87. The number of benzene rings is 1. The zero-order chi connectivity index (χ0) is 13.2. The molecular weight excluding hydrogens is 242 g/mol. The van der Waals surface area contributed by atoms with Gasteiger partial charge in [0.2, 0.25) is 0 Å². The number of rotatable bonds is 4. The zero-order valence-corrected chi connectivity index (χ0v) is 10.9. The molecule has 98 valence electrons. The summed E-state index contributed by atoms with van der Waals surface area (Å²) >= 11 is 0. The molecule has 0 radical (unpaired) electrons. The van der Waals surface area contributed by atoms with Crippen LogP contribution in [0.1, 0.15) is 5.76 Å². The number of aromatic nitrogens is 2. The molecule has 3 aromatic rings. The number of nitrogens with zero attached hydrogens (tertiary/aromatic N) is 2. The minimum atomic E-state index is 0.615. The Morgan fingerprint density at radius 1 is 1.42 bits per heavy atom. The number of nitrogens with one attached hydrogen (secondary N) is 1. The maximum atomic E-state index is 5.80. The van der Waals surface area contributed by atoms with Crippen LogP contribution in [0, 0.1) is 0 Å². The molecule has 1 aromatic carbocycles. The van der Waals surface area contributed by atoms with Crippen molar-refractivity contribution in [3.8, 4) is 5.75 Å². The highest BCUT2D eigenvalue weighted by molar-refractivity contribution is 5.83. The van der Waals surface area contributed by atoms with Crippen molar-refractivity contribution in [1.82, 2.24) is 9.78 Å². The van der Waals surface area contributed by atoms with Gasteiger partial charge in [0.15, 0.2) is 11.3 Å². The smallest absolute Gasteiger partial charge is 0.176 e. The van der Waals surface area contributed by atoms with E-state index in [0.29, 0.717) is 6.54 Å². The molecular formula is C14H15N3O2. The highest BCUT2D eigenvalue weighted by Gasteiger charge is 2.08. The molecule has 2 aromatic heterocycles. The molecule has 0 bridgehead atoms. The fourth-order valence-electron chi connectivity index (χ4n) is 2.04. The van der Waals surface area contributed by atoms with Gasteiger partial charge >= 0.3 is 0 Å². The molecule has 5 heteroatoms. The number of aryl methyl sites for hydroxylation is 1. The van der Waals surface area contributed by atoms with Gasteiger partial charge in [-0.05, 0) is 12.1 Å². The third-order valence-corrected chi connectivity index (χ3v) is 2.95. The van der Waals surface area contributed by atoms with Crippen LogP contribution in [0.5, 0.6) is 5.75 Å². The average Bonchev–Trinajstić information content (AvgIpc) is 3.01. The van der Waals surface area contributed by atoms with E-state index in [0.717, 1.165) is 28.2 Å². The van der Waals surface area contributed by atoms with Crippen molar-refractivity contribution in [3.63, 3.8) is 0 Å². The van der Waals surface area contributed by atoms with Crippen molar-refractivity contribution in [2.45, 2.75) is 6.54 Å². The molecule has 0 unspecified atom stereocenters. The molecule has 0 saturated heterocycles. The van der Waals surface area contributed by atoms with Crippen LogP contribution in [0.3, 0.4) is 0 Å². The Labute approximate surface area is 110 Å². The predicted molar refractivity (Wildman–Crippen MR) is 73.3 cm³/mol. The molecule has 0 aliphatic heterocycles. The van der Waals surface area contributed by atoms with Crippen molar-refractivity contribution in [2.75, 3.05) is 12.4 Å². The van der Waals surface area contributed by atoms with E-state index in [1.54, 1.807) is 18.0 Å². The minimum absolute atomic E-state index is 0.615. The maximum absolute atomic E-state index is 5.80. The van der Waals surface area contributed by atoms with Crippen molar-refractivity contribution in [3.05, 3.63) is 42.4 Å². The number of furan rings is 1. The van der Waals surface area contributed by atoms with E-state index < -0.39 is 0 Å². The topological polar surface area (TPSA) is 52.2 Å². The van der Waals surface area contributed by atoms with Crippen molar-refractivity contribution >= 4 is 16.7 Å². The van der Waals surface area contributed by atoms with Crippen LogP contribution in [0.15, 0.2) is 41.1 Å². The lowest BCUT2D eigenvalue weighted by Gasteiger charge is -2.00. The number of para-hydroxylation sites is 1. The predicted octanol–water partition coefficient (Wildman–Crippen LogP) is 2.79. The quantitative estimate of drug-likeness (QED) is 0.780. The maximum Gasteiger partial charge on any atom is 0.176 e. The van der Waals surface area contributed by atoms with Crippen LogP contribution >= 0.6 is 0 Å². The molecule has 3 rings (SSSR count). The summed E-state index contributed by atoms with van der Waals surface area (Å²) in [5, 5.41) is 8.41. The van der Waals surface area contributed by atoms with Gasteiger partial charge in [0.05, 0.1) is 25.5 Å². The molecule has 0 aliphatic rings. The van der Waals surface area contributed by atoms with Crippen LogP contribution in [0.2, 0.25) is 0 Å². The van der Waals surface area contributed by atoms with Crippen molar-refractivity contribution < 1.29 is 9.15 Å².